The van der Waals surface area contributed by atoms with Crippen molar-refractivity contribution in [1.29, 1.82) is 0 Å². The molecule has 34 heavy (non-hydrogen) atoms. The van der Waals surface area contributed by atoms with E-state index in [1.807, 2.05) is 12.3 Å². The molecule has 5 nitrogen and oxygen atoms in total. The number of H-pyrrole nitrogens is 1. The number of aromatic nitrogens is 4. The topological polar surface area (TPSA) is 49.7 Å². The monoisotopic (exact) mass is 467 g/mol. The minimum absolute atomic E-state index is 0.668. The lowest BCUT2D eigenvalue weighted by Crippen LogP contribution is -2.31. The Kier molecular flexibility index (Phi) is 4.96. The number of aromatic amines is 1. The summed E-state index contributed by atoms with van der Waals surface area (Å²) in [5.41, 5.74) is 10.6. The van der Waals surface area contributed by atoms with Gasteiger partial charge in [-0.15, -0.1) is 0 Å². The highest BCUT2D eigenvalue weighted by Crippen LogP contribution is 2.38. The number of hydrogen-bond donors (Lipinski definition) is 1. The van der Waals surface area contributed by atoms with Crippen LogP contribution >= 0.6 is 11.6 Å². The van der Waals surface area contributed by atoms with Crippen LogP contribution in [0.15, 0.2) is 60.9 Å². The zero-order valence-electron chi connectivity index (χ0n) is 19.6. The van der Waals surface area contributed by atoms with Crippen LogP contribution in [0.3, 0.4) is 0 Å². The number of hydrogen-bond acceptors (Lipinski definition) is 3. The number of pyridine rings is 1. The molecule has 0 amide bonds. The molecule has 0 atom stereocenters. The first-order valence-corrected chi connectivity index (χ1v) is 12.0. The maximum atomic E-state index is 6.19. The fourth-order valence-corrected chi connectivity index (χ4v) is 5.50. The van der Waals surface area contributed by atoms with Gasteiger partial charge in [-0.1, -0.05) is 41.9 Å². The van der Waals surface area contributed by atoms with Gasteiger partial charge < -0.3 is 9.88 Å². The molecule has 6 rings (SSSR count). The second kappa shape index (κ2) is 8.03. The molecule has 0 saturated carbocycles. The van der Waals surface area contributed by atoms with Crippen LogP contribution in [0.1, 0.15) is 27.9 Å². The van der Waals surface area contributed by atoms with Gasteiger partial charge in [0.2, 0.25) is 0 Å². The molecule has 1 aliphatic heterocycles. The molecule has 170 valence electrons. The van der Waals surface area contributed by atoms with Crippen LogP contribution < -0.4 is 4.90 Å². The first-order chi connectivity index (χ1) is 16.5. The van der Waals surface area contributed by atoms with Crippen molar-refractivity contribution in [2.75, 3.05) is 11.4 Å². The van der Waals surface area contributed by atoms with Crippen molar-refractivity contribution in [3.05, 3.63) is 93.9 Å². The maximum absolute atomic E-state index is 6.19. The highest BCUT2D eigenvalue weighted by atomic mass is 35.5. The molecule has 1 aliphatic rings. The molecule has 0 radical (unpaired) electrons. The molecule has 0 spiro atoms. The van der Waals surface area contributed by atoms with Crippen LogP contribution in [0.2, 0.25) is 5.02 Å². The number of benzene rings is 2. The largest absolute Gasteiger partial charge is 0.361 e. The molecule has 0 bridgehead atoms. The average Bonchev–Trinajstić information content (AvgIpc) is 3.43. The van der Waals surface area contributed by atoms with Crippen LogP contribution in [0, 0.1) is 20.8 Å². The quantitative estimate of drug-likeness (QED) is 0.327. The Morgan fingerprint density at radius 3 is 2.56 bits per heavy atom. The molecule has 1 N–H and O–H groups in total. The summed E-state index contributed by atoms with van der Waals surface area (Å²) in [6.07, 6.45) is 4.61. The molecule has 2 aromatic carbocycles. The van der Waals surface area contributed by atoms with Gasteiger partial charge in [0, 0.05) is 53.9 Å². The summed E-state index contributed by atoms with van der Waals surface area (Å²) in [6.45, 7) is 8.03. The Morgan fingerprint density at radius 1 is 0.971 bits per heavy atom. The Labute approximate surface area is 204 Å². The summed E-state index contributed by atoms with van der Waals surface area (Å²) in [5, 5.41) is 7.09. The fourth-order valence-electron chi connectivity index (χ4n) is 5.29. The van der Waals surface area contributed by atoms with Crippen LogP contribution in [0.5, 0.6) is 0 Å². The molecule has 0 unspecified atom stereocenters. The summed E-state index contributed by atoms with van der Waals surface area (Å²) < 4.78 is 2.18. The van der Waals surface area contributed by atoms with Crippen LogP contribution in [-0.2, 0) is 13.0 Å². The van der Waals surface area contributed by atoms with Gasteiger partial charge in [0.05, 0.1) is 22.1 Å². The predicted octanol–water partition coefficient (Wildman–Crippen LogP) is 6.56. The highest BCUT2D eigenvalue weighted by molar-refractivity contribution is 6.30. The molecule has 0 saturated heterocycles. The van der Waals surface area contributed by atoms with Crippen LogP contribution in [-0.4, -0.2) is 26.3 Å². The van der Waals surface area contributed by atoms with Gasteiger partial charge in [-0.05, 0) is 55.7 Å². The van der Waals surface area contributed by atoms with E-state index in [9.17, 15) is 0 Å². The number of rotatable bonds is 3. The van der Waals surface area contributed by atoms with Gasteiger partial charge in [-0.2, -0.15) is 5.10 Å². The third kappa shape index (κ3) is 3.31. The van der Waals surface area contributed by atoms with Crippen molar-refractivity contribution in [2.45, 2.75) is 33.7 Å². The van der Waals surface area contributed by atoms with Crippen molar-refractivity contribution in [3.63, 3.8) is 0 Å². The van der Waals surface area contributed by atoms with Gasteiger partial charge >= 0.3 is 0 Å². The van der Waals surface area contributed by atoms with Crippen LogP contribution in [0.4, 0.5) is 5.82 Å². The second-order valence-electron chi connectivity index (χ2n) is 9.14. The van der Waals surface area contributed by atoms with E-state index < -0.39 is 0 Å². The molecule has 0 aliphatic carbocycles. The number of nitrogens with one attached hydrogen (secondary N) is 1. The van der Waals surface area contributed by atoms with Crippen molar-refractivity contribution >= 4 is 28.3 Å². The molecule has 0 fully saturated rings. The minimum Gasteiger partial charge on any atom is -0.361 e. The zero-order chi connectivity index (χ0) is 23.4. The van der Waals surface area contributed by atoms with Crippen molar-refractivity contribution < 1.29 is 0 Å². The molecular formula is C28H26ClN5. The lowest BCUT2D eigenvalue weighted by Gasteiger charge is -2.29. The molecular weight excluding hydrogens is 442 g/mol. The molecule has 5 aromatic rings. The summed E-state index contributed by atoms with van der Waals surface area (Å²) in [6, 6.07) is 17.0. The van der Waals surface area contributed by atoms with Gasteiger partial charge in [0.15, 0.2) is 0 Å². The minimum atomic E-state index is 0.668. The Balaban J connectivity index is 1.59. The highest BCUT2D eigenvalue weighted by Gasteiger charge is 2.29. The van der Waals surface area contributed by atoms with Gasteiger partial charge in [-0.3, -0.25) is 0 Å². The standard InChI is InChI=1S/C28H26ClN5/c1-17-6-4-7-18(2)26(17)34-27(22-8-5-9-24-21(22)10-12-30-24)23-16-33(13-11-25(23)32-34)28-19(3)14-20(29)15-31-28/h4-10,12,14-15,30H,11,13,16H2,1-3H3. The maximum Gasteiger partial charge on any atom is 0.131 e. The summed E-state index contributed by atoms with van der Waals surface area (Å²) in [5.74, 6) is 0.987. The lowest BCUT2D eigenvalue weighted by molar-refractivity contribution is 0.704. The summed E-state index contributed by atoms with van der Waals surface area (Å²) in [4.78, 5) is 10.4. The van der Waals surface area contributed by atoms with Crippen molar-refractivity contribution in [1.82, 2.24) is 19.7 Å². The van der Waals surface area contributed by atoms with E-state index in [1.54, 1.807) is 6.20 Å². The van der Waals surface area contributed by atoms with Gasteiger partial charge in [0.1, 0.15) is 5.82 Å². The number of halogens is 1. The number of anilines is 1. The van der Waals surface area contributed by atoms with Crippen LogP contribution in [0.25, 0.3) is 27.8 Å². The number of aryl methyl sites for hydroxylation is 3. The SMILES string of the molecule is Cc1cc(Cl)cnc1N1CCc2nn(-c3c(C)cccc3C)c(-c3cccc4[nH]ccc34)c2C1. The normalized spacial score (nSPS) is 13.5. The smallest absolute Gasteiger partial charge is 0.131 e. The van der Waals surface area contributed by atoms with E-state index in [2.05, 4.69) is 82.8 Å². The lowest BCUT2D eigenvalue weighted by atomic mass is 9.97. The fraction of sp³-hybridized carbons (Fsp3) is 0.214. The average molecular weight is 468 g/mol. The summed E-state index contributed by atoms with van der Waals surface area (Å²) >= 11 is 6.19. The van der Waals surface area contributed by atoms with E-state index >= 15 is 0 Å². The molecule has 4 heterocycles. The Morgan fingerprint density at radius 2 is 1.76 bits per heavy atom. The number of nitrogens with zero attached hydrogens (tertiary/aromatic N) is 4. The first kappa shape index (κ1) is 21.0. The Bertz CT molecular complexity index is 1520. The van der Waals surface area contributed by atoms with E-state index in [-0.39, 0.29) is 0 Å². The predicted molar refractivity (Wildman–Crippen MR) is 139 cm³/mol. The second-order valence-corrected chi connectivity index (χ2v) is 9.57. The van der Waals surface area contributed by atoms with E-state index in [1.165, 1.54) is 27.6 Å². The zero-order valence-corrected chi connectivity index (χ0v) is 20.3. The first-order valence-electron chi connectivity index (χ1n) is 11.6. The Hall–Kier alpha value is -3.57. The summed E-state index contributed by atoms with van der Waals surface area (Å²) in [7, 11) is 0. The van der Waals surface area contributed by atoms with Gasteiger partial charge in [-0.25, -0.2) is 9.67 Å². The third-order valence-electron chi connectivity index (χ3n) is 6.85. The van der Waals surface area contributed by atoms with E-state index in [0.717, 1.165) is 53.5 Å². The van der Waals surface area contributed by atoms with Crippen molar-refractivity contribution in [2.24, 2.45) is 0 Å². The van der Waals surface area contributed by atoms with Crippen molar-refractivity contribution in [3.8, 4) is 16.9 Å². The van der Waals surface area contributed by atoms with E-state index in [4.69, 9.17) is 16.7 Å². The number of para-hydroxylation sites is 1. The molecule has 3 aromatic heterocycles. The number of fused-ring (bicyclic) bond motifs is 2. The van der Waals surface area contributed by atoms with E-state index in [0.29, 0.717) is 5.02 Å². The molecule has 6 heteroatoms. The van der Waals surface area contributed by atoms with Gasteiger partial charge in [0.25, 0.3) is 0 Å². The third-order valence-corrected chi connectivity index (χ3v) is 7.06.